The number of hydrogen-bond donors (Lipinski definition) is 1. The lowest BCUT2D eigenvalue weighted by Crippen LogP contribution is -1.97. The number of hydrogen-bond acceptors (Lipinski definition) is 3. The second kappa shape index (κ2) is 4.06. The molecular weight excluding hydrogens is 204 g/mol. The maximum absolute atomic E-state index is 11.4. The van der Waals surface area contributed by atoms with Crippen LogP contribution in [0.1, 0.15) is 0 Å². The standard InChI is InChI=1S/C9H8O4S/c10-9(11)6-7-14(12,13)8-4-2-1-3-5-8/h1-7H,(H,10,11). The van der Waals surface area contributed by atoms with E-state index in [1.54, 1.807) is 18.2 Å². The van der Waals surface area contributed by atoms with E-state index in [2.05, 4.69) is 0 Å². The molecule has 0 aliphatic rings. The number of sulfone groups is 1. The average Bonchev–Trinajstić information content (AvgIpc) is 2.16. The molecule has 0 radical (unpaired) electrons. The van der Waals surface area contributed by atoms with Crippen LogP contribution in [0.15, 0.2) is 46.7 Å². The van der Waals surface area contributed by atoms with E-state index in [1.165, 1.54) is 12.1 Å². The Morgan fingerprint density at radius 3 is 2.29 bits per heavy atom. The van der Waals surface area contributed by atoms with Gasteiger partial charge in [-0.1, -0.05) is 18.2 Å². The van der Waals surface area contributed by atoms with Crippen molar-refractivity contribution in [3.05, 3.63) is 41.8 Å². The lowest BCUT2D eigenvalue weighted by Gasteiger charge is -1.96. The minimum atomic E-state index is -3.62. The Morgan fingerprint density at radius 1 is 1.21 bits per heavy atom. The van der Waals surface area contributed by atoms with Crippen LogP contribution in [0.3, 0.4) is 0 Å². The highest BCUT2D eigenvalue weighted by Crippen LogP contribution is 2.10. The van der Waals surface area contributed by atoms with Crippen molar-refractivity contribution in [2.45, 2.75) is 4.90 Å². The molecule has 1 aromatic rings. The van der Waals surface area contributed by atoms with Crippen LogP contribution in [0.2, 0.25) is 0 Å². The molecule has 1 aromatic carbocycles. The van der Waals surface area contributed by atoms with Gasteiger partial charge < -0.3 is 5.11 Å². The van der Waals surface area contributed by atoms with Gasteiger partial charge in [-0.15, -0.1) is 0 Å². The Hall–Kier alpha value is -1.62. The second-order valence-corrected chi connectivity index (χ2v) is 4.33. The van der Waals surface area contributed by atoms with Crippen LogP contribution in [0.25, 0.3) is 0 Å². The van der Waals surface area contributed by atoms with Crippen LogP contribution in [-0.4, -0.2) is 19.5 Å². The molecular formula is C9H8O4S. The lowest BCUT2D eigenvalue weighted by atomic mass is 10.4. The molecule has 0 aliphatic carbocycles. The van der Waals surface area contributed by atoms with Gasteiger partial charge in [0.1, 0.15) is 0 Å². The van der Waals surface area contributed by atoms with Crippen molar-refractivity contribution in [1.82, 2.24) is 0 Å². The van der Waals surface area contributed by atoms with Crippen molar-refractivity contribution in [3.8, 4) is 0 Å². The molecule has 0 unspecified atom stereocenters. The van der Waals surface area contributed by atoms with Gasteiger partial charge in [0, 0.05) is 11.5 Å². The molecule has 0 aliphatic heterocycles. The number of aliphatic carboxylic acids is 1. The Bertz CT molecular complexity index is 445. The van der Waals surface area contributed by atoms with Gasteiger partial charge in [-0.2, -0.15) is 0 Å². The summed E-state index contributed by atoms with van der Waals surface area (Å²) in [5, 5.41) is 8.94. The summed E-state index contributed by atoms with van der Waals surface area (Å²) in [6.07, 6.45) is 0.600. The summed E-state index contributed by atoms with van der Waals surface area (Å²) in [6, 6.07) is 7.63. The van der Waals surface area contributed by atoms with Crippen molar-refractivity contribution < 1.29 is 18.3 Å². The topological polar surface area (TPSA) is 71.4 Å². The normalized spacial score (nSPS) is 11.7. The largest absolute Gasteiger partial charge is 0.478 e. The maximum Gasteiger partial charge on any atom is 0.329 e. The van der Waals surface area contributed by atoms with Crippen LogP contribution in [0, 0.1) is 0 Å². The fourth-order valence-corrected chi connectivity index (χ4v) is 1.83. The predicted octanol–water partition coefficient (Wildman–Crippen LogP) is 1.06. The molecule has 0 aromatic heterocycles. The van der Waals surface area contributed by atoms with E-state index in [0.717, 1.165) is 0 Å². The third kappa shape index (κ3) is 2.70. The number of carboxylic acid groups (broad SMARTS) is 1. The third-order valence-electron chi connectivity index (χ3n) is 1.46. The van der Waals surface area contributed by atoms with Crippen LogP contribution < -0.4 is 0 Å². The lowest BCUT2D eigenvalue weighted by molar-refractivity contribution is -0.131. The monoisotopic (exact) mass is 212 g/mol. The first-order valence-electron chi connectivity index (χ1n) is 3.73. The van der Waals surface area contributed by atoms with Gasteiger partial charge in [-0.25, -0.2) is 13.2 Å². The molecule has 74 valence electrons. The summed E-state index contributed by atoms with van der Waals surface area (Å²) in [4.78, 5) is 10.2. The Kier molecular flexibility index (Phi) is 3.03. The summed E-state index contributed by atoms with van der Waals surface area (Å²) in [5.74, 6) is -1.29. The summed E-state index contributed by atoms with van der Waals surface area (Å²) in [5.41, 5.74) is 0. The molecule has 0 saturated heterocycles. The fraction of sp³-hybridized carbons (Fsp3) is 0. The third-order valence-corrected chi connectivity index (χ3v) is 2.89. The molecule has 0 saturated carbocycles. The molecule has 4 nitrogen and oxygen atoms in total. The molecule has 1 rings (SSSR count). The van der Waals surface area contributed by atoms with Crippen LogP contribution in [0.4, 0.5) is 0 Å². The molecule has 0 bridgehead atoms. The zero-order chi connectivity index (χ0) is 10.6. The van der Waals surface area contributed by atoms with Gasteiger partial charge in [-0.3, -0.25) is 0 Å². The highest BCUT2D eigenvalue weighted by Gasteiger charge is 2.09. The Morgan fingerprint density at radius 2 is 1.79 bits per heavy atom. The van der Waals surface area contributed by atoms with Crippen molar-refractivity contribution in [2.75, 3.05) is 0 Å². The number of rotatable bonds is 3. The van der Waals surface area contributed by atoms with E-state index >= 15 is 0 Å². The quantitative estimate of drug-likeness (QED) is 0.760. The van der Waals surface area contributed by atoms with Gasteiger partial charge in [0.25, 0.3) is 0 Å². The first-order chi connectivity index (χ1) is 6.52. The first kappa shape index (κ1) is 10.5. The minimum absolute atomic E-state index is 0.0810. The molecule has 14 heavy (non-hydrogen) atoms. The zero-order valence-electron chi connectivity index (χ0n) is 7.12. The van der Waals surface area contributed by atoms with Crippen molar-refractivity contribution >= 4 is 15.8 Å². The molecule has 0 amide bonds. The second-order valence-electron chi connectivity index (χ2n) is 2.50. The summed E-state index contributed by atoms with van der Waals surface area (Å²) >= 11 is 0. The zero-order valence-corrected chi connectivity index (χ0v) is 7.94. The molecule has 0 heterocycles. The number of benzene rings is 1. The number of carbonyl (C=O) groups is 1. The molecule has 1 N–H and O–H groups in total. The maximum atomic E-state index is 11.4. The van der Waals surface area contributed by atoms with E-state index in [1.807, 2.05) is 0 Å². The molecule has 0 atom stereocenters. The summed E-state index contributed by atoms with van der Waals surface area (Å²) in [7, 11) is -3.62. The van der Waals surface area contributed by atoms with E-state index in [4.69, 9.17) is 5.11 Å². The molecule has 5 heteroatoms. The summed E-state index contributed by atoms with van der Waals surface area (Å²) < 4.78 is 22.8. The predicted molar refractivity (Wildman–Crippen MR) is 50.4 cm³/mol. The number of carboxylic acids is 1. The Balaban J connectivity index is 3.05. The van der Waals surface area contributed by atoms with E-state index in [-0.39, 0.29) is 4.90 Å². The van der Waals surface area contributed by atoms with Gasteiger partial charge >= 0.3 is 5.97 Å². The fourth-order valence-electron chi connectivity index (χ4n) is 0.837. The van der Waals surface area contributed by atoms with Crippen LogP contribution in [0.5, 0.6) is 0 Å². The van der Waals surface area contributed by atoms with Crippen molar-refractivity contribution in [2.24, 2.45) is 0 Å². The highest BCUT2D eigenvalue weighted by atomic mass is 32.2. The van der Waals surface area contributed by atoms with Gasteiger partial charge in [0.05, 0.1) is 4.90 Å². The minimum Gasteiger partial charge on any atom is -0.478 e. The first-order valence-corrected chi connectivity index (χ1v) is 5.28. The Labute approximate surface area is 81.4 Å². The van der Waals surface area contributed by atoms with Gasteiger partial charge in [0.2, 0.25) is 0 Å². The van der Waals surface area contributed by atoms with Crippen LogP contribution >= 0.6 is 0 Å². The molecule has 0 fully saturated rings. The SMILES string of the molecule is O=C(O)C=CS(=O)(=O)c1ccccc1. The van der Waals surface area contributed by atoms with Crippen LogP contribution in [-0.2, 0) is 14.6 Å². The van der Waals surface area contributed by atoms with E-state index in [0.29, 0.717) is 11.5 Å². The summed E-state index contributed by atoms with van der Waals surface area (Å²) in [6.45, 7) is 0. The van der Waals surface area contributed by atoms with E-state index in [9.17, 15) is 13.2 Å². The van der Waals surface area contributed by atoms with Gasteiger partial charge in [-0.05, 0) is 12.1 Å². The molecule has 0 spiro atoms. The smallest absolute Gasteiger partial charge is 0.329 e. The van der Waals surface area contributed by atoms with Gasteiger partial charge in [0.15, 0.2) is 9.84 Å². The highest BCUT2D eigenvalue weighted by molar-refractivity contribution is 7.94. The van der Waals surface area contributed by atoms with Crippen molar-refractivity contribution in [1.29, 1.82) is 0 Å². The van der Waals surface area contributed by atoms with E-state index < -0.39 is 15.8 Å². The van der Waals surface area contributed by atoms with Crippen molar-refractivity contribution in [3.63, 3.8) is 0 Å². The average molecular weight is 212 g/mol.